The van der Waals surface area contributed by atoms with Gasteiger partial charge < -0.3 is 109 Å². The first-order valence-corrected chi connectivity index (χ1v) is 19.8. The SMILES string of the molecule is CCN(CC)CC.CO[C@H]1O[C@H](COP(=O)(O)O[C@H]2O[C@H](CO)[C@@H](O)[C@H](O)[C@@H]2O[C@@H]2O[C@H](CO)[C@@H](O)[C@H](O)[C@@H]2O[C@@H]2O[C@H](CO)[C@@H](O)[C@H](O)[C@@H]2O)[C@@H](O)[C@H](O)[C@@H]1O. The lowest BCUT2D eigenvalue weighted by Crippen LogP contribution is -2.67. The van der Waals surface area contributed by atoms with E-state index in [9.17, 15) is 75.8 Å². The van der Waals surface area contributed by atoms with Crippen molar-refractivity contribution in [2.45, 2.75) is 144 Å². The summed E-state index contributed by atoms with van der Waals surface area (Å²) < 4.78 is 60.3. The molecule has 4 aliphatic heterocycles. The van der Waals surface area contributed by atoms with E-state index in [-0.39, 0.29) is 0 Å². The molecule has 0 aromatic carbocycles. The Morgan fingerprint density at radius 3 is 1.32 bits per heavy atom. The smallest absolute Gasteiger partial charge is 0.394 e. The van der Waals surface area contributed by atoms with Gasteiger partial charge in [0.05, 0.1) is 26.4 Å². The summed E-state index contributed by atoms with van der Waals surface area (Å²) >= 11 is 0. The number of hydrogen-bond donors (Lipinski definition) is 14. The van der Waals surface area contributed by atoms with E-state index in [2.05, 4.69) is 25.7 Å². The normalized spacial score (nSPS) is 45.2. The van der Waals surface area contributed by atoms with Gasteiger partial charge in [-0.05, 0) is 19.6 Å². The van der Waals surface area contributed by atoms with Crippen molar-refractivity contribution < 1.29 is 118 Å². The number of methoxy groups -OCH3 is 1. The minimum atomic E-state index is -5.39. The van der Waals surface area contributed by atoms with E-state index in [1.54, 1.807) is 0 Å². The fourth-order valence-electron chi connectivity index (χ4n) is 6.34. The fourth-order valence-corrected chi connectivity index (χ4v) is 7.16. The topological polar surface area (TPSA) is 387 Å². The highest BCUT2D eigenvalue weighted by molar-refractivity contribution is 7.47. The minimum absolute atomic E-state index is 0.872. The van der Waals surface area contributed by atoms with E-state index in [4.69, 9.17) is 42.2 Å². The largest absolute Gasteiger partial charge is 0.474 e. The van der Waals surface area contributed by atoms with E-state index in [1.807, 2.05) is 0 Å². The number of aliphatic hydroxyl groups is 13. The van der Waals surface area contributed by atoms with Gasteiger partial charge in [-0.1, -0.05) is 20.8 Å². The summed E-state index contributed by atoms with van der Waals surface area (Å²) in [7, 11) is -4.29. The Morgan fingerprint density at radius 2 is 0.877 bits per heavy atom. The second-order valence-corrected chi connectivity index (χ2v) is 15.0. The number of hydrogen-bond acceptors (Lipinski definition) is 24. The van der Waals surface area contributed by atoms with Crippen molar-refractivity contribution in [2.75, 3.05) is 53.2 Å². The Labute approximate surface area is 327 Å². The van der Waals surface area contributed by atoms with Gasteiger partial charge in [-0.2, -0.15) is 0 Å². The molecule has 14 N–H and O–H groups in total. The van der Waals surface area contributed by atoms with Crippen LogP contribution >= 0.6 is 7.82 Å². The molecule has 57 heavy (non-hydrogen) atoms. The molecule has 25 nitrogen and oxygen atoms in total. The van der Waals surface area contributed by atoms with Crippen LogP contribution in [0.3, 0.4) is 0 Å². The highest BCUT2D eigenvalue weighted by Gasteiger charge is 2.55. The molecule has 1 unspecified atom stereocenters. The predicted octanol–water partition coefficient (Wildman–Crippen LogP) is -7.63. The molecule has 4 saturated heterocycles. The molecule has 21 atom stereocenters. The second-order valence-electron chi connectivity index (χ2n) is 13.6. The highest BCUT2D eigenvalue weighted by atomic mass is 31.2. The number of phosphoric ester groups is 1. The molecule has 0 saturated carbocycles. The van der Waals surface area contributed by atoms with Crippen LogP contribution in [0.5, 0.6) is 0 Å². The third-order valence-electron chi connectivity index (χ3n) is 9.96. The van der Waals surface area contributed by atoms with Crippen LogP contribution in [-0.4, -0.2) is 252 Å². The summed E-state index contributed by atoms with van der Waals surface area (Å²) in [5.41, 5.74) is 0. The predicted molar refractivity (Wildman–Crippen MR) is 183 cm³/mol. The van der Waals surface area contributed by atoms with Crippen molar-refractivity contribution in [1.82, 2.24) is 4.90 Å². The summed E-state index contributed by atoms with van der Waals surface area (Å²) in [6.45, 7) is 6.34. The Kier molecular flexibility index (Phi) is 20.4. The van der Waals surface area contributed by atoms with E-state index < -0.39 is 157 Å². The van der Waals surface area contributed by atoms with Crippen LogP contribution in [-0.2, 0) is 46.8 Å². The maximum atomic E-state index is 13.0. The van der Waals surface area contributed by atoms with Crippen LogP contribution < -0.4 is 0 Å². The molecule has 0 radical (unpaired) electrons. The van der Waals surface area contributed by atoms with Gasteiger partial charge in [0.15, 0.2) is 25.2 Å². The van der Waals surface area contributed by atoms with Crippen molar-refractivity contribution >= 4 is 7.82 Å². The van der Waals surface area contributed by atoms with E-state index in [0.29, 0.717) is 0 Å². The lowest BCUT2D eigenvalue weighted by molar-refractivity contribution is -0.389. The van der Waals surface area contributed by atoms with Crippen molar-refractivity contribution in [3.63, 3.8) is 0 Å². The molecule has 4 fully saturated rings. The number of phosphoric acid groups is 1. The average Bonchev–Trinajstić information content (AvgIpc) is 3.19. The summed E-state index contributed by atoms with van der Waals surface area (Å²) in [6.07, 6.45) is -37.6. The van der Waals surface area contributed by atoms with E-state index >= 15 is 0 Å². The van der Waals surface area contributed by atoms with Gasteiger partial charge in [-0.3, -0.25) is 9.05 Å². The monoisotopic (exact) mass is 861 g/mol. The van der Waals surface area contributed by atoms with Crippen LogP contribution in [0, 0.1) is 0 Å². The molecule has 0 amide bonds. The van der Waals surface area contributed by atoms with Crippen molar-refractivity contribution in [3.05, 3.63) is 0 Å². The van der Waals surface area contributed by atoms with Crippen molar-refractivity contribution in [3.8, 4) is 0 Å². The molecule has 4 rings (SSSR count). The zero-order chi connectivity index (χ0) is 42.9. The summed E-state index contributed by atoms with van der Waals surface area (Å²) in [6, 6.07) is 0. The Bertz CT molecular complexity index is 1200. The van der Waals surface area contributed by atoms with Gasteiger partial charge >= 0.3 is 7.82 Å². The number of ether oxygens (including phenoxy) is 7. The maximum Gasteiger partial charge on any atom is 0.474 e. The van der Waals surface area contributed by atoms with Gasteiger partial charge in [0.25, 0.3) is 0 Å². The average molecular weight is 862 g/mol. The molecule has 0 bridgehead atoms. The zero-order valence-electron chi connectivity index (χ0n) is 31.7. The summed E-state index contributed by atoms with van der Waals surface area (Å²) in [4.78, 5) is 12.9. The third kappa shape index (κ3) is 12.4. The fraction of sp³-hybridized carbons (Fsp3) is 1.00. The molecule has 0 aromatic rings. The second kappa shape index (κ2) is 22.9. The zero-order valence-corrected chi connectivity index (χ0v) is 32.6. The number of aliphatic hydroxyl groups excluding tert-OH is 13. The summed E-state index contributed by atoms with van der Waals surface area (Å²) in [5.74, 6) is 0. The van der Waals surface area contributed by atoms with Crippen LogP contribution in [0.15, 0.2) is 0 Å². The van der Waals surface area contributed by atoms with Gasteiger partial charge in [0, 0.05) is 7.11 Å². The molecular weight excluding hydrogens is 801 g/mol. The van der Waals surface area contributed by atoms with Crippen molar-refractivity contribution in [2.24, 2.45) is 0 Å². The van der Waals surface area contributed by atoms with E-state index in [0.717, 1.165) is 7.11 Å². The van der Waals surface area contributed by atoms with Crippen LogP contribution in [0.2, 0.25) is 0 Å². The quantitative estimate of drug-likeness (QED) is 0.0641. The summed E-state index contributed by atoms with van der Waals surface area (Å²) in [5, 5.41) is 133. The van der Waals surface area contributed by atoms with Crippen LogP contribution in [0.1, 0.15) is 20.8 Å². The molecular formula is C31H60NO24P. The van der Waals surface area contributed by atoms with Crippen LogP contribution in [0.4, 0.5) is 0 Å². The first-order valence-electron chi connectivity index (χ1n) is 18.3. The van der Waals surface area contributed by atoms with Gasteiger partial charge in [0.1, 0.15) is 97.7 Å². The molecule has 26 heteroatoms. The molecule has 0 aromatic heterocycles. The number of rotatable bonds is 16. The first-order chi connectivity index (χ1) is 26.8. The van der Waals surface area contributed by atoms with E-state index in [1.165, 1.54) is 19.6 Å². The maximum absolute atomic E-state index is 13.0. The lowest BCUT2D eigenvalue weighted by Gasteiger charge is -2.48. The Hall–Kier alpha value is -0.730. The first kappa shape index (κ1) is 50.6. The van der Waals surface area contributed by atoms with Crippen molar-refractivity contribution in [1.29, 1.82) is 0 Å². The molecule has 0 spiro atoms. The Morgan fingerprint density at radius 1 is 0.509 bits per heavy atom. The Balaban J connectivity index is 0.00000113. The molecule has 338 valence electrons. The standard InChI is InChI=1S/C25H45O24P.C6H15N/c1-41-22-18(37)15(34)13(32)9(46-22)5-42-50(39,40)49-25-21(17(36)12(31)8(4-28)45-25)48-24-20(16(35)11(30)7(3-27)44-24)47-23-19(38)14(33)10(29)6(2-26)43-23;1-4-7(5-2)6-3/h6-38H,2-5H2,1H3,(H,39,40);4-6H2,1-3H3/t6-,7-,8-,9-,10-,11-,12-,13-,14+,15+,16+,17+,18+,19+,20+,21+,22+,23+,24+,25-;/m1./s1. The van der Waals surface area contributed by atoms with Gasteiger partial charge in [-0.25, -0.2) is 4.57 Å². The third-order valence-corrected chi connectivity index (χ3v) is 10.9. The molecule has 4 heterocycles. The highest BCUT2D eigenvalue weighted by Crippen LogP contribution is 2.48. The molecule has 4 aliphatic rings. The van der Waals surface area contributed by atoms with Crippen LogP contribution in [0.25, 0.3) is 0 Å². The minimum Gasteiger partial charge on any atom is -0.394 e. The van der Waals surface area contributed by atoms with Gasteiger partial charge in [-0.15, -0.1) is 0 Å². The lowest BCUT2D eigenvalue weighted by atomic mass is 9.96. The molecule has 0 aliphatic carbocycles. The number of nitrogens with zero attached hydrogens (tertiary/aromatic N) is 1. The van der Waals surface area contributed by atoms with Gasteiger partial charge in [0.2, 0.25) is 0 Å².